The van der Waals surface area contributed by atoms with Crippen molar-refractivity contribution in [1.82, 2.24) is 5.32 Å². The molecule has 1 atom stereocenters. The lowest BCUT2D eigenvalue weighted by Crippen LogP contribution is -2.20. The molecule has 0 aromatic heterocycles. The molecular weight excluding hydrogens is 277 g/mol. The zero-order valence-corrected chi connectivity index (χ0v) is 11.3. The number of benzene rings is 2. The first-order chi connectivity index (χ1) is 10.0. The molecule has 0 fully saturated rings. The Bertz CT molecular complexity index is 669. The van der Waals surface area contributed by atoms with Gasteiger partial charge in [-0.15, -0.1) is 0 Å². The molecule has 0 unspecified atom stereocenters. The summed E-state index contributed by atoms with van der Waals surface area (Å²) in [4.78, 5) is 0. The largest absolute Gasteiger partial charge is 0.306 e. The third kappa shape index (κ3) is 3.61. The van der Waals surface area contributed by atoms with E-state index < -0.39 is 11.6 Å². The molecule has 5 heteroatoms. The fourth-order valence-electron chi connectivity index (χ4n) is 1.99. The molecule has 0 aliphatic carbocycles. The summed E-state index contributed by atoms with van der Waals surface area (Å²) < 4.78 is 40.6. The molecule has 0 aliphatic rings. The minimum atomic E-state index is -0.773. The average Bonchev–Trinajstić information content (AvgIpc) is 2.45. The van der Waals surface area contributed by atoms with Gasteiger partial charge in [-0.25, -0.2) is 13.2 Å². The summed E-state index contributed by atoms with van der Waals surface area (Å²) >= 11 is 0. The maximum Gasteiger partial charge on any atom is 0.131 e. The van der Waals surface area contributed by atoms with Crippen molar-refractivity contribution in [2.24, 2.45) is 0 Å². The average molecular weight is 290 g/mol. The van der Waals surface area contributed by atoms with Gasteiger partial charge in [0.15, 0.2) is 0 Å². The van der Waals surface area contributed by atoms with Gasteiger partial charge < -0.3 is 5.32 Å². The summed E-state index contributed by atoms with van der Waals surface area (Å²) in [5.74, 6) is -1.91. The monoisotopic (exact) mass is 290 g/mol. The van der Waals surface area contributed by atoms with Gasteiger partial charge in [0, 0.05) is 18.2 Å². The Balaban J connectivity index is 2.12. The lowest BCUT2D eigenvalue weighted by Gasteiger charge is -2.15. The highest BCUT2D eigenvalue weighted by atomic mass is 19.1. The van der Waals surface area contributed by atoms with E-state index in [-0.39, 0.29) is 29.5 Å². The van der Waals surface area contributed by atoms with Crippen LogP contribution in [0.5, 0.6) is 0 Å². The Hall–Kier alpha value is -2.32. The highest BCUT2D eigenvalue weighted by Gasteiger charge is 2.13. The van der Waals surface area contributed by atoms with Gasteiger partial charge in [-0.1, -0.05) is 12.1 Å². The van der Waals surface area contributed by atoms with Crippen molar-refractivity contribution in [3.8, 4) is 6.07 Å². The number of nitrogens with zero attached hydrogens (tertiary/aromatic N) is 1. The second-order valence-electron chi connectivity index (χ2n) is 4.69. The Morgan fingerprint density at radius 2 is 1.81 bits per heavy atom. The molecule has 108 valence electrons. The first-order valence-electron chi connectivity index (χ1n) is 6.38. The maximum atomic E-state index is 13.7. The Morgan fingerprint density at radius 1 is 1.14 bits per heavy atom. The van der Waals surface area contributed by atoms with Crippen LogP contribution < -0.4 is 5.32 Å². The summed E-state index contributed by atoms with van der Waals surface area (Å²) in [7, 11) is 0. The van der Waals surface area contributed by atoms with Crippen LogP contribution in [0.3, 0.4) is 0 Å². The summed E-state index contributed by atoms with van der Waals surface area (Å²) in [6.07, 6.45) is 0. The molecule has 0 amide bonds. The van der Waals surface area contributed by atoms with Crippen molar-refractivity contribution < 1.29 is 13.2 Å². The van der Waals surface area contributed by atoms with Crippen LogP contribution in [0.2, 0.25) is 0 Å². The zero-order chi connectivity index (χ0) is 15.4. The Kier molecular flexibility index (Phi) is 4.61. The first-order valence-corrected chi connectivity index (χ1v) is 6.38. The molecule has 0 saturated carbocycles. The minimum Gasteiger partial charge on any atom is -0.306 e. The van der Waals surface area contributed by atoms with Crippen LogP contribution in [0.1, 0.15) is 29.7 Å². The number of hydrogen-bond donors (Lipinski definition) is 1. The minimum absolute atomic E-state index is 0.0545. The molecule has 2 rings (SSSR count). The van der Waals surface area contributed by atoms with Crippen LogP contribution in [0, 0.1) is 28.8 Å². The van der Waals surface area contributed by atoms with Crippen molar-refractivity contribution in [1.29, 1.82) is 5.26 Å². The maximum absolute atomic E-state index is 13.7. The van der Waals surface area contributed by atoms with E-state index in [4.69, 9.17) is 5.26 Å². The van der Waals surface area contributed by atoms with Crippen LogP contribution in [-0.4, -0.2) is 0 Å². The van der Waals surface area contributed by atoms with E-state index >= 15 is 0 Å². The van der Waals surface area contributed by atoms with Gasteiger partial charge in [0.25, 0.3) is 0 Å². The van der Waals surface area contributed by atoms with Crippen molar-refractivity contribution in [3.63, 3.8) is 0 Å². The quantitative estimate of drug-likeness (QED) is 0.929. The van der Waals surface area contributed by atoms with Crippen LogP contribution in [0.4, 0.5) is 13.2 Å². The Morgan fingerprint density at radius 3 is 2.38 bits per heavy atom. The predicted molar refractivity (Wildman–Crippen MR) is 72.7 cm³/mol. The zero-order valence-electron chi connectivity index (χ0n) is 11.3. The number of hydrogen-bond acceptors (Lipinski definition) is 2. The van der Waals surface area contributed by atoms with E-state index in [0.29, 0.717) is 5.56 Å². The summed E-state index contributed by atoms with van der Waals surface area (Å²) in [5.41, 5.74) is 0.480. The van der Waals surface area contributed by atoms with Crippen molar-refractivity contribution in [2.75, 3.05) is 0 Å². The second kappa shape index (κ2) is 6.42. The molecule has 0 radical (unpaired) electrons. The van der Waals surface area contributed by atoms with Crippen LogP contribution >= 0.6 is 0 Å². The van der Waals surface area contributed by atoms with Crippen molar-refractivity contribution in [3.05, 3.63) is 70.5 Å². The number of nitriles is 1. The van der Waals surface area contributed by atoms with Crippen LogP contribution in [0.25, 0.3) is 0 Å². The van der Waals surface area contributed by atoms with Gasteiger partial charge in [-0.2, -0.15) is 5.26 Å². The van der Waals surface area contributed by atoms with E-state index in [1.54, 1.807) is 25.1 Å². The van der Waals surface area contributed by atoms with Crippen LogP contribution in [-0.2, 0) is 6.54 Å². The van der Waals surface area contributed by atoms with E-state index in [9.17, 15) is 13.2 Å². The molecule has 2 nitrogen and oxygen atoms in total. The molecule has 0 saturated heterocycles. The lowest BCUT2D eigenvalue weighted by molar-refractivity contribution is 0.507. The highest BCUT2D eigenvalue weighted by Crippen LogP contribution is 2.18. The Labute approximate surface area is 120 Å². The molecule has 0 aliphatic heterocycles. The van der Waals surface area contributed by atoms with Gasteiger partial charge in [-0.05, 0) is 36.8 Å². The molecule has 0 spiro atoms. The summed E-state index contributed by atoms with van der Waals surface area (Å²) in [5, 5.41) is 11.6. The fourth-order valence-corrected chi connectivity index (χ4v) is 1.99. The number of nitrogens with one attached hydrogen (secondary N) is 1. The lowest BCUT2D eigenvalue weighted by atomic mass is 10.1. The number of rotatable bonds is 4. The molecule has 0 bridgehead atoms. The standard InChI is InChI=1S/C16H13F3N2/c1-10(12-3-2-4-13(17)7-12)21-9-14-15(18)5-11(8-20)6-16(14)19/h2-7,10,21H,9H2,1H3/t10-/m0/s1. The third-order valence-electron chi connectivity index (χ3n) is 3.20. The highest BCUT2D eigenvalue weighted by molar-refractivity contribution is 5.34. The molecule has 1 N–H and O–H groups in total. The van der Waals surface area contributed by atoms with Gasteiger partial charge >= 0.3 is 0 Å². The number of halogens is 3. The molecule has 0 heterocycles. The molecule has 21 heavy (non-hydrogen) atoms. The van der Waals surface area contributed by atoms with Gasteiger partial charge in [0.1, 0.15) is 17.5 Å². The van der Waals surface area contributed by atoms with Gasteiger partial charge in [0.05, 0.1) is 11.6 Å². The predicted octanol–water partition coefficient (Wildman–Crippen LogP) is 3.83. The summed E-state index contributed by atoms with van der Waals surface area (Å²) in [6, 6.07) is 9.41. The van der Waals surface area contributed by atoms with Crippen molar-refractivity contribution >= 4 is 0 Å². The second-order valence-corrected chi connectivity index (χ2v) is 4.69. The van der Waals surface area contributed by atoms with Gasteiger partial charge in [-0.3, -0.25) is 0 Å². The van der Waals surface area contributed by atoms with E-state index in [1.807, 2.05) is 0 Å². The topological polar surface area (TPSA) is 35.8 Å². The smallest absolute Gasteiger partial charge is 0.131 e. The van der Waals surface area contributed by atoms with Gasteiger partial charge in [0.2, 0.25) is 0 Å². The first kappa shape index (κ1) is 15.1. The normalized spacial score (nSPS) is 12.0. The van der Waals surface area contributed by atoms with E-state index in [2.05, 4.69) is 5.32 Å². The third-order valence-corrected chi connectivity index (χ3v) is 3.20. The fraction of sp³-hybridized carbons (Fsp3) is 0.188. The SMILES string of the molecule is C[C@H](NCc1c(F)cc(C#N)cc1F)c1cccc(F)c1. The van der Waals surface area contributed by atoms with Crippen molar-refractivity contribution in [2.45, 2.75) is 19.5 Å². The van der Waals surface area contributed by atoms with Crippen LogP contribution in [0.15, 0.2) is 36.4 Å². The summed E-state index contributed by atoms with van der Waals surface area (Å²) in [6.45, 7) is 1.72. The van der Waals surface area contributed by atoms with E-state index in [0.717, 1.165) is 12.1 Å². The van der Waals surface area contributed by atoms with E-state index in [1.165, 1.54) is 12.1 Å². The molecular formula is C16H13F3N2. The molecule has 2 aromatic rings. The molecule has 2 aromatic carbocycles.